The number of amides is 1. The minimum atomic E-state index is -0.138. The van der Waals surface area contributed by atoms with Crippen molar-refractivity contribution in [2.24, 2.45) is 0 Å². The summed E-state index contributed by atoms with van der Waals surface area (Å²) in [7, 11) is 0. The first-order valence-electron chi connectivity index (χ1n) is 7.98. The third kappa shape index (κ3) is 3.03. The molecule has 8 heteroatoms. The Labute approximate surface area is 137 Å². The van der Waals surface area contributed by atoms with Crippen molar-refractivity contribution in [3.05, 3.63) is 40.3 Å². The van der Waals surface area contributed by atoms with E-state index < -0.39 is 0 Å². The lowest BCUT2D eigenvalue weighted by atomic mass is 10.2. The van der Waals surface area contributed by atoms with Crippen molar-refractivity contribution in [1.29, 1.82) is 0 Å². The van der Waals surface area contributed by atoms with Gasteiger partial charge in [0.15, 0.2) is 5.82 Å². The molecular weight excluding hydrogens is 308 g/mol. The average Bonchev–Trinajstić information content (AvgIpc) is 3.22. The standard InChI is InChI=1S/C16H18N6O2/c23-15(18-14-8-12(19-21-14)9-1-2-9)5-6-17-10-3-4-11-13(7-10)20-22-16(11)24/h3-4,7-9,17H,1-2,5-6H2,(H2,20,22,24)(H2,18,19,21,23). The first-order valence-corrected chi connectivity index (χ1v) is 7.98. The maximum Gasteiger partial charge on any atom is 0.271 e. The number of benzene rings is 1. The third-order valence-electron chi connectivity index (χ3n) is 4.14. The normalized spacial score (nSPS) is 14.0. The third-order valence-corrected chi connectivity index (χ3v) is 4.14. The molecule has 0 spiro atoms. The zero-order chi connectivity index (χ0) is 16.5. The minimum Gasteiger partial charge on any atom is -0.384 e. The Bertz CT molecular complexity index is 933. The second-order valence-electron chi connectivity index (χ2n) is 6.05. The monoisotopic (exact) mass is 326 g/mol. The molecule has 5 N–H and O–H groups in total. The maximum absolute atomic E-state index is 12.0. The summed E-state index contributed by atoms with van der Waals surface area (Å²) in [4.78, 5) is 23.4. The molecule has 0 saturated heterocycles. The SMILES string of the molecule is O=C(CCNc1ccc2c(=O)[nH][nH]c2c1)Nc1cc(C2CC2)[nH]n1. The van der Waals surface area contributed by atoms with Crippen molar-refractivity contribution >= 4 is 28.3 Å². The van der Waals surface area contributed by atoms with E-state index in [2.05, 4.69) is 31.0 Å². The largest absolute Gasteiger partial charge is 0.384 e. The van der Waals surface area contributed by atoms with E-state index in [9.17, 15) is 9.59 Å². The van der Waals surface area contributed by atoms with Crippen LogP contribution in [-0.4, -0.2) is 32.8 Å². The zero-order valence-electron chi connectivity index (χ0n) is 13.0. The highest BCUT2D eigenvalue weighted by molar-refractivity contribution is 5.90. The molecule has 2 aromatic heterocycles. The van der Waals surface area contributed by atoms with Crippen LogP contribution < -0.4 is 16.2 Å². The van der Waals surface area contributed by atoms with Gasteiger partial charge in [-0.05, 0) is 31.0 Å². The van der Waals surface area contributed by atoms with Gasteiger partial charge in [-0.3, -0.25) is 24.9 Å². The van der Waals surface area contributed by atoms with Gasteiger partial charge in [0.25, 0.3) is 5.56 Å². The number of hydrogen-bond donors (Lipinski definition) is 5. The fraction of sp³-hybridized carbons (Fsp3) is 0.312. The Kier molecular flexibility index (Phi) is 3.56. The quantitative estimate of drug-likeness (QED) is 0.475. The van der Waals surface area contributed by atoms with Gasteiger partial charge < -0.3 is 10.6 Å². The van der Waals surface area contributed by atoms with Crippen LogP contribution in [-0.2, 0) is 4.79 Å². The highest BCUT2D eigenvalue weighted by Crippen LogP contribution is 2.39. The fourth-order valence-electron chi connectivity index (χ4n) is 2.68. The molecule has 2 heterocycles. The first kappa shape index (κ1) is 14.6. The van der Waals surface area contributed by atoms with Crippen LogP contribution in [0.3, 0.4) is 0 Å². The Morgan fingerprint density at radius 2 is 2.12 bits per heavy atom. The number of nitrogens with zero attached hydrogens (tertiary/aromatic N) is 1. The molecule has 0 aliphatic heterocycles. The Morgan fingerprint density at radius 3 is 2.96 bits per heavy atom. The van der Waals surface area contributed by atoms with Gasteiger partial charge in [0.2, 0.25) is 5.91 Å². The fourth-order valence-corrected chi connectivity index (χ4v) is 2.68. The molecule has 1 saturated carbocycles. The topological polar surface area (TPSA) is 118 Å². The Hall–Kier alpha value is -3.03. The van der Waals surface area contributed by atoms with E-state index in [-0.39, 0.29) is 11.5 Å². The zero-order valence-corrected chi connectivity index (χ0v) is 13.0. The number of carbonyl (C=O) groups excluding carboxylic acids is 1. The van der Waals surface area contributed by atoms with Crippen LogP contribution in [0.2, 0.25) is 0 Å². The van der Waals surface area contributed by atoms with Gasteiger partial charge >= 0.3 is 0 Å². The van der Waals surface area contributed by atoms with Crippen molar-refractivity contribution in [1.82, 2.24) is 20.4 Å². The first-order chi connectivity index (χ1) is 11.7. The lowest BCUT2D eigenvalue weighted by Crippen LogP contribution is -2.16. The van der Waals surface area contributed by atoms with E-state index in [1.807, 2.05) is 18.2 Å². The van der Waals surface area contributed by atoms with E-state index in [0.29, 0.717) is 30.1 Å². The van der Waals surface area contributed by atoms with Crippen molar-refractivity contribution < 1.29 is 4.79 Å². The van der Waals surface area contributed by atoms with Crippen molar-refractivity contribution in [3.63, 3.8) is 0 Å². The lowest BCUT2D eigenvalue weighted by molar-refractivity contribution is -0.116. The summed E-state index contributed by atoms with van der Waals surface area (Å²) in [6, 6.07) is 7.30. The van der Waals surface area contributed by atoms with Crippen LogP contribution in [0.15, 0.2) is 29.1 Å². The van der Waals surface area contributed by atoms with Crippen LogP contribution >= 0.6 is 0 Å². The molecule has 0 unspecified atom stereocenters. The number of carbonyl (C=O) groups is 1. The number of nitrogens with one attached hydrogen (secondary N) is 5. The van der Waals surface area contributed by atoms with E-state index in [1.165, 1.54) is 12.8 Å². The van der Waals surface area contributed by atoms with Crippen LogP contribution in [0.5, 0.6) is 0 Å². The summed E-state index contributed by atoms with van der Waals surface area (Å²) in [5, 5.41) is 19.0. The summed E-state index contributed by atoms with van der Waals surface area (Å²) in [6.45, 7) is 0.492. The van der Waals surface area contributed by atoms with Crippen molar-refractivity contribution in [3.8, 4) is 0 Å². The number of hydrogen-bond acceptors (Lipinski definition) is 4. The minimum absolute atomic E-state index is 0.0903. The maximum atomic E-state index is 12.0. The second-order valence-corrected chi connectivity index (χ2v) is 6.05. The Morgan fingerprint density at radius 1 is 1.25 bits per heavy atom. The molecule has 1 fully saturated rings. The molecule has 8 nitrogen and oxygen atoms in total. The van der Waals surface area contributed by atoms with Gasteiger partial charge in [-0.15, -0.1) is 0 Å². The van der Waals surface area contributed by atoms with E-state index in [0.717, 1.165) is 16.9 Å². The van der Waals surface area contributed by atoms with Gasteiger partial charge in [0.05, 0.1) is 10.9 Å². The summed E-state index contributed by atoms with van der Waals surface area (Å²) < 4.78 is 0. The highest BCUT2D eigenvalue weighted by atomic mass is 16.1. The van der Waals surface area contributed by atoms with Crippen molar-refractivity contribution in [2.45, 2.75) is 25.2 Å². The number of anilines is 2. The number of aromatic amines is 3. The number of rotatable bonds is 6. The number of H-pyrrole nitrogens is 3. The smallest absolute Gasteiger partial charge is 0.271 e. The molecule has 4 rings (SSSR count). The molecule has 1 aliphatic rings. The number of fused-ring (bicyclic) bond motifs is 1. The number of aromatic nitrogens is 4. The van der Waals surface area contributed by atoms with E-state index in [4.69, 9.17) is 0 Å². The van der Waals surface area contributed by atoms with E-state index in [1.54, 1.807) is 6.07 Å². The summed E-state index contributed by atoms with van der Waals surface area (Å²) in [6.07, 6.45) is 2.71. The summed E-state index contributed by atoms with van der Waals surface area (Å²) >= 11 is 0. The molecule has 0 atom stereocenters. The molecule has 3 aromatic rings. The van der Waals surface area contributed by atoms with Crippen LogP contribution in [0.25, 0.3) is 10.9 Å². The van der Waals surface area contributed by atoms with Gasteiger partial charge in [-0.1, -0.05) is 0 Å². The second kappa shape index (κ2) is 5.88. The predicted octanol–water partition coefficient (Wildman–Crippen LogP) is 1.90. The van der Waals surface area contributed by atoms with Crippen LogP contribution in [0.1, 0.15) is 30.9 Å². The molecule has 1 aliphatic carbocycles. The van der Waals surface area contributed by atoms with Crippen LogP contribution in [0, 0.1) is 0 Å². The summed E-state index contributed by atoms with van der Waals surface area (Å²) in [5.74, 6) is 1.07. The molecule has 1 amide bonds. The lowest BCUT2D eigenvalue weighted by Gasteiger charge is -2.06. The molecule has 0 radical (unpaired) electrons. The molecule has 24 heavy (non-hydrogen) atoms. The molecule has 0 bridgehead atoms. The van der Waals surface area contributed by atoms with Crippen LogP contribution in [0.4, 0.5) is 11.5 Å². The van der Waals surface area contributed by atoms with Gasteiger partial charge in [0.1, 0.15) is 0 Å². The van der Waals surface area contributed by atoms with Gasteiger partial charge in [-0.25, -0.2) is 0 Å². The molecule has 1 aromatic carbocycles. The predicted molar refractivity (Wildman–Crippen MR) is 91.2 cm³/mol. The summed E-state index contributed by atoms with van der Waals surface area (Å²) in [5.41, 5.74) is 2.54. The van der Waals surface area contributed by atoms with Gasteiger partial charge in [0, 0.05) is 36.3 Å². The van der Waals surface area contributed by atoms with E-state index >= 15 is 0 Å². The van der Waals surface area contributed by atoms with Crippen molar-refractivity contribution in [2.75, 3.05) is 17.2 Å². The molecular formula is C16H18N6O2. The molecule has 124 valence electrons. The Balaban J connectivity index is 1.29. The highest BCUT2D eigenvalue weighted by Gasteiger charge is 2.25. The van der Waals surface area contributed by atoms with Gasteiger partial charge in [-0.2, -0.15) is 5.10 Å². The average molecular weight is 326 g/mol.